The van der Waals surface area contributed by atoms with Gasteiger partial charge in [0.1, 0.15) is 0 Å². The van der Waals surface area contributed by atoms with Crippen LogP contribution in [0.4, 0.5) is 0 Å². The summed E-state index contributed by atoms with van der Waals surface area (Å²) in [5.74, 6) is 0.884. The predicted octanol–water partition coefficient (Wildman–Crippen LogP) is 2.03. The van der Waals surface area contributed by atoms with E-state index in [0.29, 0.717) is 0 Å². The van der Waals surface area contributed by atoms with Gasteiger partial charge in [-0.25, -0.2) is 0 Å². The van der Waals surface area contributed by atoms with E-state index < -0.39 is 0 Å². The Morgan fingerprint density at radius 3 is 2.33 bits per heavy atom. The first-order valence-electron chi connectivity index (χ1n) is 6.98. The molecule has 4 N–H and O–H groups in total. The average Bonchev–Trinajstić information content (AvgIpc) is 2.35. The Morgan fingerprint density at radius 1 is 1.06 bits per heavy atom. The number of hydrogen-bond donors (Lipinski definition) is 3. The summed E-state index contributed by atoms with van der Waals surface area (Å²) in [4.78, 5) is 4.18. The zero-order valence-corrected chi connectivity index (χ0v) is 12.3. The van der Waals surface area contributed by atoms with E-state index in [9.17, 15) is 0 Å². The second-order valence-electron chi connectivity index (χ2n) is 4.72. The summed E-state index contributed by atoms with van der Waals surface area (Å²) in [5.41, 5.74) is 6.77. The molecular weight excluding hydrogens is 224 g/mol. The highest BCUT2D eigenvalue weighted by Crippen LogP contribution is 2.00. The van der Waals surface area contributed by atoms with E-state index in [0.717, 1.165) is 32.0 Å². The molecule has 0 radical (unpaired) electrons. The lowest BCUT2D eigenvalue weighted by atomic mass is 10.1. The Hall–Kier alpha value is -1.03. The zero-order valence-electron chi connectivity index (χ0n) is 12.3. The first kappa shape index (κ1) is 17.0. The molecule has 0 saturated heterocycles. The fourth-order valence-corrected chi connectivity index (χ4v) is 1.58. The number of hydrogen-bond acceptors (Lipinski definition) is 2. The number of unbranched alkanes of at least 4 members (excludes halogenated alkanes) is 4. The smallest absolute Gasteiger partial charge is 0.191 e. The molecule has 0 amide bonds. The highest BCUT2D eigenvalue weighted by atomic mass is 15.2. The molecule has 0 aromatic carbocycles. The second kappa shape index (κ2) is 12.4. The molecule has 4 nitrogen and oxygen atoms in total. The molecule has 0 unspecified atom stereocenters. The molecule has 0 saturated carbocycles. The molecule has 0 bridgehead atoms. The van der Waals surface area contributed by atoms with Crippen LogP contribution in [0.1, 0.15) is 46.0 Å². The quantitative estimate of drug-likeness (QED) is 0.255. The molecule has 0 atom stereocenters. The van der Waals surface area contributed by atoms with Gasteiger partial charge in [0.2, 0.25) is 0 Å². The van der Waals surface area contributed by atoms with Crippen LogP contribution in [0.25, 0.3) is 0 Å². The summed E-state index contributed by atoms with van der Waals surface area (Å²) in [6, 6.07) is 0. The van der Waals surface area contributed by atoms with Gasteiger partial charge in [-0.2, -0.15) is 0 Å². The van der Waals surface area contributed by atoms with E-state index in [1.54, 1.807) is 7.05 Å². The van der Waals surface area contributed by atoms with Crippen LogP contribution in [0.5, 0.6) is 0 Å². The molecule has 106 valence electrons. The van der Waals surface area contributed by atoms with Crippen molar-refractivity contribution in [1.82, 2.24) is 10.6 Å². The molecule has 18 heavy (non-hydrogen) atoms. The minimum Gasteiger partial charge on any atom is -0.356 e. The van der Waals surface area contributed by atoms with Gasteiger partial charge in [0, 0.05) is 20.1 Å². The highest BCUT2D eigenvalue weighted by Gasteiger charge is 1.95. The van der Waals surface area contributed by atoms with E-state index >= 15 is 0 Å². The summed E-state index contributed by atoms with van der Waals surface area (Å²) in [5, 5.41) is 6.58. The van der Waals surface area contributed by atoms with Crippen molar-refractivity contribution >= 4 is 5.96 Å². The van der Waals surface area contributed by atoms with Crippen molar-refractivity contribution in [3.63, 3.8) is 0 Å². The van der Waals surface area contributed by atoms with E-state index in [1.165, 1.54) is 31.3 Å². The van der Waals surface area contributed by atoms with Crippen molar-refractivity contribution in [2.24, 2.45) is 10.7 Å². The highest BCUT2D eigenvalue weighted by molar-refractivity contribution is 5.79. The maximum absolute atomic E-state index is 5.45. The Bertz CT molecular complexity index is 242. The van der Waals surface area contributed by atoms with Gasteiger partial charge in [0.05, 0.1) is 0 Å². The number of guanidine groups is 1. The van der Waals surface area contributed by atoms with E-state index in [-0.39, 0.29) is 0 Å². The minimum atomic E-state index is 0.819. The van der Waals surface area contributed by atoms with Crippen molar-refractivity contribution < 1.29 is 0 Å². The molecule has 0 aromatic rings. The van der Waals surface area contributed by atoms with Crippen LogP contribution in [-0.2, 0) is 0 Å². The SMILES string of the molecule is CN=C(NCC=C(C)C)NCCCCCCCN. The number of nitrogens with two attached hydrogens (primary N) is 1. The minimum absolute atomic E-state index is 0.819. The molecular formula is C14H30N4. The number of allylic oxidation sites excluding steroid dienone is 1. The molecule has 4 heteroatoms. The van der Waals surface area contributed by atoms with Crippen LogP contribution in [0.3, 0.4) is 0 Å². The first-order valence-corrected chi connectivity index (χ1v) is 6.98. The molecule has 0 aliphatic carbocycles. The van der Waals surface area contributed by atoms with Crippen LogP contribution in [-0.4, -0.2) is 32.6 Å². The van der Waals surface area contributed by atoms with Crippen molar-refractivity contribution in [1.29, 1.82) is 0 Å². The summed E-state index contributed by atoms with van der Waals surface area (Å²) in [6.45, 7) is 6.83. The van der Waals surface area contributed by atoms with Gasteiger partial charge < -0.3 is 16.4 Å². The lowest BCUT2D eigenvalue weighted by molar-refractivity contribution is 0.609. The molecule has 0 aliphatic rings. The molecule has 0 rings (SSSR count). The molecule has 0 aliphatic heterocycles. The topological polar surface area (TPSA) is 62.4 Å². The fraction of sp³-hybridized carbons (Fsp3) is 0.786. The van der Waals surface area contributed by atoms with Gasteiger partial charge in [-0.1, -0.05) is 30.9 Å². The fourth-order valence-electron chi connectivity index (χ4n) is 1.58. The molecule has 0 heterocycles. The Kier molecular flexibility index (Phi) is 11.7. The monoisotopic (exact) mass is 254 g/mol. The van der Waals surface area contributed by atoms with Gasteiger partial charge in [-0.3, -0.25) is 4.99 Å². The van der Waals surface area contributed by atoms with E-state index in [1.807, 2.05) is 0 Å². The van der Waals surface area contributed by atoms with Crippen molar-refractivity contribution in [3.05, 3.63) is 11.6 Å². The standard InChI is InChI=1S/C14H30N4/c1-13(2)9-12-18-14(16-3)17-11-8-6-4-5-7-10-15/h9H,4-8,10-12,15H2,1-3H3,(H2,16,17,18). The maximum atomic E-state index is 5.45. The molecule has 0 aromatic heterocycles. The van der Waals surface area contributed by atoms with Gasteiger partial charge in [-0.05, 0) is 33.2 Å². The van der Waals surface area contributed by atoms with Crippen LogP contribution in [0.15, 0.2) is 16.6 Å². The summed E-state index contributed by atoms with van der Waals surface area (Å²) in [6.07, 6.45) is 8.29. The third-order valence-corrected chi connectivity index (χ3v) is 2.68. The van der Waals surface area contributed by atoms with Crippen LogP contribution in [0.2, 0.25) is 0 Å². The lowest BCUT2D eigenvalue weighted by Gasteiger charge is -2.10. The average molecular weight is 254 g/mol. The Labute approximate surface area is 112 Å². The normalized spacial score (nSPS) is 11.2. The molecule has 0 fully saturated rings. The van der Waals surface area contributed by atoms with Gasteiger partial charge in [-0.15, -0.1) is 0 Å². The number of rotatable bonds is 9. The number of nitrogens with one attached hydrogen (secondary N) is 2. The van der Waals surface area contributed by atoms with Crippen LogP contribution >= 0.6 is 0 Å². The van der Waals surface area contributed by atoms with Crippen molar-refractivity contribution in [2.45, 2.75) is 46.0 Å². The number of nitrogens with zero attached hydrogens (tertiary/aromatic N) is 1. The number of aliphatic imine (C=N–C) groups is 1. The molecule has 0 spiro atoms. The van der Waals surface area contributed by atoms with Gasteiger partial charge in [0.15, 0.2) is 5.96 Å². The van der Waals surface area contributed by atoms with Crippen molar-refractivity contribution in [2.75, 3.05) is 26.7 Å². The third-order valence-electron chi connectivity index (χ3n) is 2.68. The van der Waals surface area contributed by atoms with Crippen LogP contribution in [0, 0.1) is 0 Å². The van der Waals surface area contributed by atoms with E-state index in [4.69, 9.17) is 5.73 Å². The maximum Gasteiger partial charge on any atom is 0.191 e. The Morgan fingerprint density at radius 2 is 1.72 bits per heavy atom. The lowest BCUT2D eigenvalue weighted by Crippen LogP contribution is -2.37. The summed E-state index contributed by atoms with van der Waals surface area (Å²) >= 11 is 0. The summed E-state index contributed by atoms with van der Waals surface area (Å²) < 4.78 is 0. The largest absolute Gasteiger partial charge is 0.356 e. The first-order chi connectivity index (χ1) is 8.70. The van der Waals surface area contributed by atoms with E-state index in [2.05, 4.69) is 35.5 Å². The summed E-state index contributed by atoms with van der Waals surface area (Å²) in [7, 11) is 1.80. The zero-order chi connectivity index (χ0) is 13.6. The predicted molar refractivity (Wildman–Crippen MR) is 80.9 cm³/mol. The van der Waals surface area contributed by atoms with Crippen molar-refractivity contribution in [3.8, 4) is 0 Å². The van der Waals surface area contributed by atoms with Gasteiger partial charge >= 0.3 is 0 Å². The Balaban J connectivity index is 3.48. The second-order valence-corrected chi connectivity index (χ2v) is 4.72. The van der Waals surface area contributed by atoms with Gasteiger partial charge in [0.25, 0.3) is 0 Å². The third kappa shape index (κ3) is 11.5. The van der Waals surface area contributed by atoms with Crippen LogP contribution < -0.4 is 16.4 Å².